The number of aryl methyl sites for hydroxylation is 1. The van der Waals surface area contributed by atoms with Crippen LogP contribution < -0.4 is 10.6 Å². The van der Waals surface area contributed by atoms with Crippen LogP contribution in [0.3, 0.4) is 0 Å². The van der Waals surface area contributed by atoms with Gasteiger partial charge in [-0.1, -0.05) is 48.5 Å². The van der Waals surface area contributed by atoms with E-state index in [1.807, 2.05) is 6.07 Å². The van der Waals surface area contributed by atoms with Gasteiger partial charge >= 0.3 is 6.18 Å². The number of halogens is 5. The van der Waals surface area contributed by atoms with Crippen LogP contribution in [0.1, 0.15) is 40.8 Å². The van der Waals surface area contributed by atoms with Gasteiger partial charge in [0.25, 0.3) is 0 Å². The molecule has 0 bridgehead atoms. The standard InChI is InChI=1S/C25H23F5N2O/c1-31-24(33)23(17-5-3-2-4-6-17)32-22(18-10-13-20(26)21(27)15-18)14-9-16-7-11-19(12-8-16)25(28,29)30/h2-8,10-13,15,22-23,32H,9,14H2,1H3,(H,31,33)/t22-,23+/m1/s1. The van der Waals surface area contributed by atoms with Crippen LogP contribution in [-0.2, 0) is 17.4 Å². The lowest BCUT2D eigenvalue weighted by atomic mass is 9.96. The highest BCUT2D eigenvalue weighted by Crippen LogP contribution is 2.30. The molecule has 8 heteroatoms. The molecule has 3 rings (SSSR count). The quantitative estimate of drug-likeness (QED) is 0.420. The first-order chi connectivity index (χ1) is 15.7. The van der Waals surface area contributed by atoms with E-state index in [2.05, 4.69) is 10.6 Å². The average molecular weight is 462 g/mol. The molecule has 3 aromatic rings. The lowest BCUT2D eigenvalue weighted by Gasteiger charge is -2.26. The molecule has 0 heterocycles. The van der Waals surface area contributed by atoms with Gasteiger partial charge in [0.05, 0.1) is 5.56 Å². The van der Waals surface area contributed by atoms with Gasteiger partial charge in [-0.2, -0.15) is 13.2 Å². The topological polar surface area (TPSA) is 41.1 Å². The van der Waals surface area contributed by atoms with Gasteiger partial charge in [-0.15, -0.1) is 0 Å². The highest BCUT2D eigenvalue weighted by atomic mass is 19.4. The molecule has 1 amide bonds. The van der Waals surface area contributed by atoms with Gasteiger partial charge in [-0.3, -0.25) is 10.1 Å². The van der Waals surface area contributed by atoms with E-state index in [0.29, 0.717) is 29.5 Å². The van der Waals surface area contributed by atoms with Crippen molar-refractivity contribution >= 4 is 5.91 Å². The minimum atomic E-state index is -4.43. The SMILES string of the molecule is CNC(=O)[C@@H](N[C@H](CCc1ccc(C(F)(F)F)cc1)c1ccc(F)c(F)c1)c1ccccc1. The predicted molar refractivity (Wildman–Crippen MR) is 115 cm³/mol. The van der Waals surface area contributed by atoms with Gasteiger partial charge in [-0.25, -0.2) is 8.78 Å². The molecule has 0 saturated heterocycles. The van der Waals surface area contributed by atoms with Crippen LogP contribution in [0.5, 0.6) is 0 Å². The Morgan fingerprint density at radius 3 is 2.12 bits per heavy atom. The predicted octanol–water partition coefficient (Wildman–Crippen LogP) is 5.73. The van der Waals surface area contributed by atoms with Gasteiger partial charge in [0.2, 0.25) is 5.91 Å². The molecule has 2 atom stereocenters. The molecule has 33 heavy (non-hydrogen) atoms. The summed E-state index contributed by atoms with van der Waals surface area (Å²) in [5.74, 6) is -2.33. The summed E-state index contributed by atoms with van der Waals surface area (Å²) in [6.45, 7) is 0. The summed E-state index contributed by atoms with van der Waals surface area (Å²) < 4.78 is 65.9. The van der Waals surface area contributed by atoms with Crippen molar-refractivity contribution in [2.45, 2.75) is 31.1 Å². The number of alkyl halides is 3. The second-order valence-electron chi connectivity index (χ2n) is 7.58. The number of benzene rings is 3. The second kappa shape index (κ2) is 10.6. The van der Waals surface area contributed by atoms with Gasteiger partial charge in [0, 0.05) is 13.1 Å². The van der Waals surface area contributed by atoms with Crippen LogP contribution in [0, 0.1) is 11.6 Å². The Labute approximate surface area is 188 Å². The molecular formula is C25H23F5N2O. The van der Waals surface area contributed by atoms with Crippen LogP contribution >= 0.6 is 0 Å². The number of nitrogens with one attached hydrogen (secondary N) is 2. The van der Waals surface area contributed by atoms with E-state index in [4.69, 9.17) is 0 Å². The van der Waals surface area contributed by atoms with Crippen molar-refractivity contribution in [3.63, 3.8) is 0 Å². The van der Waals surface area contributed by atoms with Gasteiger partial charge in [0.1, 0.15) is 6.04 Å². The molecular weight excluding hydrogens is 439 g/mol. The molecule has 0 unspecified atom stereocenters. The Morgan fingerprint density at radius 1 is 0.879 bits per heavy atom. The Bertz CT molecular complexity index is 1070. The number of hydrogen-bond donors (Lipinski definition) is 2. The van der Waals surface area contributed by atoms with Crippen molar-refractivity contribution < 1.29 is 26.7 Å². The lowest BCUT2D eigenvalue weighted by molar-refractivity contribution is -0.137. The van der Waals surface area contributed by atoms with Crippen LogP contribution in [0.4, 0.5) is 22.0 Å². The van der Waals surface area contributed by atoms with Crippen molar-refractivity contribution in [3.8, 4) is 0 Å². The van der Waals surface area contributed by atoms with Crippen LogP contribution in [-0.4, -0.2) is 13.0 Å². The maximum Gasteiger partial charge on any atom is 0.416 e. The summed E-state index contributed by atoms with van der Waals surface area (Å²) in [5.41, 5.74) is 1.00. The number of hydrogen-bond acceptors (Lipinski definition) is 2. The summed E-state index contributed by atoms with van der Waals surface area (Å²) in [6, 6.07) is 15.8. The Balaban J connectivity index is 1.87. The minimum Gasteiger partial charge on any atom is -0.358 e. The number of likely N-dealkylation sites (N-methyl/N-ethyl adjacent to an activating group) is 1. The van der Waals surface area contributed by atoms with E-state index >= 15 is 0 Å². The molecule has 0 fully saturated rings. The zero-order valence-corrected chi connectivity index (χ0v) is 17.8. The first kappa shape index (κ1) is 24.4. The molecule has 0 aliphatic heterocycles. The number of carbonyl (C=O) groups is 1. The molecule has 174 valence electrons. The highest BCUT2D eigenvalue weighted by Gasteiger charge is 2.30. The molecule has 3 nitrogen and oxygen atoms in total. The fourth-order valence-corrected chi connectivity index (χ4v) is 3.56. The first-order valence-corrected chi connectivity index (χ1v) is 10.3. The first-order valence-electron chi connectivity index (χ1n) is 10.3. The van der Waals surface area contributed by atoms with E-state index in [9.17, 15) is 26.7 Å². The van der Waals surface area contributed by atoms with Gasteiger partial charge in [0.15, 0.2) is 11.6 Å². The highest BCUT2D eigenvalue weighted by molar-refractivity contribution is 5.83. The van der Waals surface area contributed by atoms with Crippen molar-refractivity contribution in [1.29, 1.82) is 0 Å². The Kier molecular flexibility index (Phi) is 7.81. The zero-order valence-electron chi connectivity index (χ0n) is 17.8. The molecule has 0 aliphatic rings. The number of rotatable bonds is 8. The maximum absolute atomic E-state index is 14.0. The van der Waals surface area contributed by atoms with Crippen molar-refractivity contribution in [2.75, 3.05) is 7.05 Å². The van der Waals surface area contributed by atoms with E-state index in [1.54, 1.807) is 24.3 Å². The maximum atomic E-state index is 14.0. The largest absolute Gasteiger partial charge is 0.416 e. The van der Waals surface area contributed by atoms with Crippen LogP contribution in [0.25, 0.3) is 0 Å². The second-order valence-corrected chi connectivity index (χ2v) is 7.58. The molecule has 0 aliphatic carbocycles. The van der Waals surface area contributed by atoms with Crippen molar-refractivity contribution in [1.82, 2.24) is 10.6 Å². The molecule has 2 N–H and O–H groups in total. The van der Waals surface area contributed by atoms with Crippen LogP contribution in [0.2, 0.25) is 0 Å². The Hall–Kier alpha value is -3.26. The molecule has 0 radical (unpaired) electrons. The molecule has 0 saturated carbocycles. The molecule has 0 aromatic heterocycles. The smallest absolute Gasteiger partial charge is 0.358 e. The number of carbonyl (C=O) groups excluding carboxylic acids is 1. The molecule has 0 spiro atoms. The van der Waals surface area contributed by atoms with E-state index in [0.717, 1.165) is 24.3 Å². The van der Waals surface area contributed by atoms with E-state index in [-0.39, 0.29) is 5.91 Å². The van der Waals surface area contributed by atoms with E-state index < -0.39 is 35.5 Å². The summed E-state index contributed by atoms with van der Waals surface area (Å²) in [6.07, 6.45) is -3.74. The summed E-state index contributed by atoms with van der Waals surface area (Å²) in [4.78, 5) is 12.6. The lowest BCUT2D eigenvalue weighted by Crippen LogP contribution is -2.38. The molecule has 3 aromatic carbocycles. The van der Waals surface area contributed by atoms with Gasteiger partial charge < -0.3 is 5.32 Å². The summed E-state index contributed by atoms with van der Waals surface area (Å²) in [7, 11) is 1.49. The van der Waals surface area contributed by atoms with Crippen LogP contribution in [0.15, 0.2) is 72.8 Å². The third kappa shape index (κ3) is 6.38. The van der Waals surface area contributed by atoms with E-state index in [1.165, 1.54) is 25.2 Å². The average Bonchev–Trinajstić information content (AvgIpc) is 2.81. The fourth-order valence-electron chi connectivity index (χ4n) is 3.56. The summed E-state index contributed by atoms with van der Waals surface area (Å²) >= 11 is 0. The van der Waals surface area contributed by atoms with Gasteiger partial charge in [-0.05, 0) is 53.8 Å². The minimum absolute atomic E-state index is 0.316. The fraction of sp³-hybridized carbons (Fsp3) is 0.240. The third-order valence-electron chi connectivity index (χ3n) is 5.36. The summed E-state index contributed by atoms with van der Waals surface area (Å²) in [5, 5.41) is 5.80. The monoisotopic (exact) mass is 462 g/mol. The van der Waals surface area contributed by atoms with Crippen molar-refractivity contribution in [2.24, 2.45) is 0 Å². The number of amides is 1. The Morgan fingerprint density at radius 2 is 1.55 bits per heavy atom. The third-order valence-corrected chi connectivity index (χ3v) is 5.36. The zero-order chi connectivity index (χ0) is 24.0. The van der Waals surface area contributed by atoms with Crippen molar-refractivity contribution in [3.05, 3.63) is 107 Å². The normalized spacial score (nSPS) is 13.4.